The summed E-state index contributed by atoms with van der Waals surface area (Å²) in [6, 6.07) is 12.1. The number of phenolic OH excluding ortho intramolecular Hbond substituents is 2. The Labute approximate surface area is 230 Å². The van der Waals surface area contributed by atoms with E-state index in [1.165, 1.54) is 6.07 Å². The minimum atomic E-state index is -1.53. The molecule has 6 nitrogen and oxygen atoms in total. The van der Waals surface area contributed by atoms with Gasteiger partial charge in [-0.05, 0) is 66.1 Å². The molecule has 0 aliphatic carbocycles. The number of hydrogen-bond acceptors (Lipinski definition) is 5. The van der Waals surface area contributed by atoms with Crippen molar-refractivity contribution in [2.24, 2.45) is 0 Å². The third kappa shape index (κ3) is 4.88. The number of phenols is 2. The number of carboxylic acid groups (broad SMARTS) is 1. The monoisotopic (exact) mass is 530 g/mol. The molecule has 39 heavy (non-hydrogen) atoms. The molecule has 1 heterocycles. The first-order chi connectivity index (χ1) is 18.7. The molecule has 0 spiro atoms. The maximum Gasteiger partial charge on any atom is 0.341 e. The molecule has 3 aromatic rings. The summed E-state index contributed by atoms with van der Waals surface area (Å²) in [5, 5.41) is 32.2. The van der Waals surface area contributed by atoms with Gasteiger partial charge in [0.05, 0.1) is 11.1 Å². The highest BCUT2D eigenvalue weighted by atomic mass is 16.6. The van der Waals surface area contributed by atoms with E-state index >= 15 is 0 Å². The van der Waals surface area contributed by atoms with Crippen LogP contribution in [0, 0.1) is 0 Å². The molecule has 0 amide bonds. The Morgan fingerprint density at radius 1 is 0.718 bits per heavy atom. The summed E-state index contributed by atoms with van der Waals surface area (Å²) >= 11 is 0. The lowest BCUT2D eigenvalue weighted by molar-refractivity contribution is 0.0243. The van der Waals surface area contributed by atoms with E-state index in [0.717, 1.165) is 47.9 Å². The van der Waals surface area contributed by atoms with Crippen LogP contribution < -0.4 is 0 Å². The molecule has 206 valence electrons. The van der Waals surface area contributed by atoms with Crippen molar-refractivity contribution in [2.75, 3.05) is 0 Å². The fourth-order valence-corrected chi connectivity index (χ4v) is 5.95. The summed E-state index contributed by atoms with van der Waals surface area (Å²) in [6.07, 6.45) is 6.08. The van der Waals surface area contributed by atoms with Gasteiger partial charge in [-0.1, -0.05) is 77.6 Å². The van der Waals surface area contributed by atoms with Crippen molar-refractivity contribution >= 4 is 11.9 Å². The first-order valence-corrected chi connectivity index (χ1v) is 14.0. The molecule has 1 aliphatic heterocycles. The number of hydrogen-bond donors (Lipinski definition) is 3. The van der Waals surface area contributed by atoms with Gasteiger partial charge in [-0.2, -0.15) is 0 Å². The maximum atomic E-state index is 13.6. The van der Waals surface area contributed by atoms with Crippen LogP contribution in [0.4, 0.5) is 0 Å². The van der Waals surface area contributed by atoms with Crippen molar-refractivity contribution in [3.63, 3.8) is 0 Å². The average Bonchev–Trinajstić information content (AvgIpc) is 3.21. The number of carbonyl (C=O) groups is 2. The van der Waals surface area contributed by atoms with Crippen LogP contribution in [0.5, 0.6) is 11.5 Å². The Morgan fingerprint density at radius 3 is 1.62 bits per heavy atom. The Kier molecular flexibility index (Phi) is 8.34. The molecule has 6 heteroatoms. The summed E-state index contributed by atoms with van der Waals surface area (Å²) in [4.78, 5) is 25.8. The minimum Gasteiger partial charge on any atom is -0.508 e. The molecule has 1 aliphatic rings. The number of aryl methyl sites for hydroxylation is 4. The van der Waals surface area contributed by atoms with Crippen LogP contribution in [0.25, 0.3) is 0 Å². The van der Waals surface area contributed by atoms with Gasteiger partial charge in [0.15, 0.2) is 5.60 Å². The zero-order chi connectivity index (χ0) is 28.3. The number of esters is 1. The number of benzene rings is 3. The molecule has 0 radical (unpaired) electrons. The van der Waals surface area contributed by atoms with Crippen LogP contribution >= 0.6 is 0 Å². The van der Waals surface area contributed by atoms with E-state index in [0.29, 0.717) is 42.4 Å². The second-order valence-electron chi connectivity index (χ2n) is 10.4. The molecular weight excluding hydrogens is 492 g/mol. The molecule has 4 rings (SSSR count). The molecule has 0 aromatic heterocycles. The summed E-state index contributed by atoms with van der Waals surface area (Å²) in [5.41, 5.74) is 3.41. The van der Waals surface area contributed by atoms with Gasteiger partial charge < -0.3 is 20.1 Å². The predicted molar refractivity (Wildman–Crippen MR) is 151 cm³/mol. The van der Waals surface area contributed by atoms with Gasteiger partial charge >= 0.3 is 11.9 Å². The number of aromatic hydroxyl groups is 2. The van der Waals surface area contributed by atoms with E-state index in [-0.39, 0.29) is 22.6 Å². The molecule has 0 saturated carbocycles. The third-order valence-corrected chi connectivity index (χ3v) is 7.57. The number of cyclic esters (lactones) is 1. The van der Waals surface area contributed by atoms with Crippen molar-refractivity contribution in [3.8, 4) is 11.5 Å². The largest absolute Gasteiger partial charge is 0.508 e. The lowest BCUT2D eigenvalue weighted by atomic mass is 9.73. The summed E-state index contributed by atoms with van der Waals surface area (Å²) < 4.78 is 6.34. The average molecular weight is 531 g/mol. The fraction of sp³-hybridized carbons (Fsp3) is 0.394. The van der Waals surface area contributed by atoms with Crippen molar-refractivity contribution in [3.05, 3.63) is 92.5 Å². The van der Waals surface area contributed by atoms with E-state index in [4.69, 9.17) is 4.74 Å². The van der Waals surface area contributed by atoms with Gasteiger partial charge in [0.25, 0.3) is 0 Å². The van der Waals surface area contributed by atoms with Crippen LogP contribution in [0.1, 0.15) is 113 Å². The topological polar surface area (TPSA) is 104 Å². The first kappa shape index (κ1) is 28.2. The predicted octanol–water partition coefficient (Wildman–Crippen LogP) is 7.07. The molecule has 0 fully saturated rings. The van der Waals surface area contributed by atoms with Crippen LogP contribution in [0.2, 0.25) is 0 Å². The lowest BCUT2D eigenvalue weighted by Gasteiger charge is -2.35. The summed E-state index contributed by atoms with van der Waals surface area (Å²) in [6.45, 7) is 8.23. The maximum absolute atomic E-state index is 13.6. The van der Waals surface area contributed by atoms with E-state index in [1.807, 2.05) is 12.1 Å². The molecule has 0 saturated heterocycles. The molecule has 3 aromatic carbocycles. The van der Waals surface area contributed by atoms with Gasteiger partial charge in [0, 0.05) is 16.7 Å². The SMILES string of the molecule is CCCc1cc(CCC)c(C2(c3cc(O)c(CCC)cc3CCC)OC(=O)c3c(C(=O)O)cccc32)cc1O. The van der Waals surface area contributed by atoms with Gasteiger partial charge in [-0.3, -0.25) is 0 Å². The number of aromatic carboxylic acids is 1. The Morgan fingerprint density at radius 2 is 1.18 bits per heavy atom. The molecule has 0 atom stereocenters. The van der Waals surface area contributed by atoms with E-state index in [2.05, 4.69) is 27.7 Å². The van der Waals surface area contributed by atoms with Crippen molar-refractivity contribution in [1.29, 1.82) is 0 Å². The van der Waals surface area contributed by atoms with Crippen LogP contribution in [0.15, 0.2) is 42.5 Å². The quantitative estimate of drug-likeness (QED) is 0.229. The van der Waals surface area contributed by atoms with E-state index in [1.54, 1.807) is 24.3 Å². The third-order valence-electron chi connectivity index (χ3n) is 7.57. The Balaban J connectivity index is 2.18. The number of carboxylic acids is 1. The van der Waals surface area contributed by atoms with Gasteiger partial charge in [0.2, 0.25) is 0 Å². The van der Waals surface area contributed by atoms with E-state index < -0.39 is 17.5 Å². The van der Waals surface area contributed by atoms with Crippen molar-refractivity contribution in [2.45, 2.75) is 84.7 Å². The van der Waals surface area contributed by atoms with Gasteiger partial charge in [-0.25, -0.2) is 9.59 Å². The van der Waals surface area contributed by atoms with E-state index in [9.17, 15) is 24.9 Å². The Bertz CT molecular complexity index is 1340. The number of fused-ring (bicyclic) bond motifs is 1. The highest BCUT2D eigenvalue weighted by Crippen LogP contribution is 2.52. The zero-order valence-electron chi connectivity index (χ0n) is 23.3. The number of carbonyl (C=O) groups excluding carboxylic acids is 1. The number of rotatable bonds is 11. The molecule has 0 unspecified atom stereocenters. The van der Waals surface area contributed by atoms with Crippen molar-refractivity contribution < 1.29 is 29.6 Å². The zero-order valence-corrected chi connectivity index (χ0v) is 23.3. The summed E-state index contributed by atoms with van der Waals surface area (Å²) in [5.74, 6) is -1.74. The smallest absolute Gasteiger partial charge is 0.341 e. The minimum absolute atomic E-state index is 0.00384. The molecule has 3 N–H and O–H groups in total. The standard InChI is InChI=1S/C33H38O6/c1-5-10-20-16-22(12-7-3)28(34)18-26(20)33(25-15-9-14-24(31(36)37)30(25)32(38)39-33)27-19-29(35)23(13-8-4)17-21(27)11-6-2/h9,14-19,34-35H,5-8,10-13H2,1-4H3,(H,36,37). The molecular formula is C33H38O6. The first-order valence-electron chi connectivity index (χ1n) is 14.0. The second-order valence-corrected chi connectivity index (χ2v) is 10.4. The second kappa shape index (κ2) is 11.5. The van der Waals surface area contributed by atoms with Crippen LogP contribution in [-0.2, 0) is 36.0 Å². The van der Waals surface area contributed by atoms with Crippen LogP contribution in [-0.4, -0.2) is 27.3 Å². The van der Waals surface area contributed by atoms with Gasteiger partial charge in [0.1, 0.15) is 11.5 Å². The fourth-order valence-electron chi connectivity index (χ4n) is 5.95. The Hall–Kier alpha value is -3.80. The number of ether oxygens (including phenoxy) is 1. The highest BCUT2D eigenvalue weighted by molar-refractivity contribution is 6.06. The highest BCUT2D eigenvalue weighted by Gasteiger charge is 2.52. The lowest BCUT2D eigenvalue weighted by Crippen LogP contribution is -2.32. The normalized spacial score (nSPS) is 13.8. The molecule has 0 bridgehead atoms. The van der Waals surface area contributed by atoms with Gasteiger partial charge in [-0.15, -0.1) is 0 Å². The van der Waals surface area contributed by atoms with Crippen LogP contribution in [0.3, 0.4) is 0 Å². The van der Waals surface area contributed by atoms with Crippen molar-refractivity contribution in [1.82, 2.24) is 0 Å². The summed E-state index contributed by atoms with van der Waals surface area (Å²) in [7, 11) is 0.